The Morgan fingerprint density at radius 2 is 2.00 bits per heavy atom. The number of benzene rings is 1. The van der Waals surface area contributed by atoms with Crippen molar-refractivity contribution in [3.05, 3.63) is 47.3 Å². The molecule has 0 spiro atoms. The van der Waals surface area contributed by atoms with Crippen molar-refractivity contribution in [2.45, 2.75) is 52.8 Å². The predicted molar refractivity (Wildman–Crippen MR) is 85.3 cm³/mol. The van der Waals surface area contributed by atoms with E-state index in [-0.39, 0.29) is 6.04 Å². The molecule has 1 atom stereocenters. The van der Waals surface area contributed by atoms with Crippen molar-refractivity contribution in [3.8, 4) is 5.75 Å². The van der Waals surface area contributed by atoms with Gasteiger partial charge in [-0.3, -0.25) is 4.68 Å². The molecule has 21 heavy (non-hydrogen) atoms. The molecule has 2 N–H and O–H groups in total. The van der Waals surface area contributed by atoms with Crippen LogP contribution >= 0.6 is 0 Å². The number of hydrogen-bond acceptors (Lipinski definition) is 3. The first-order chi connectivity index (χ1) is 10.2. The van der Waals surface area contributed by atoms with Gasteiger partial charge in [0.15, 0.2) is 0 Å². The molecule has 2 rings (SSSR count). The van der Waals surface area contributed by atoms with E-state index >= 15 is 0 Å². The summed E-state index contributed by atoms with van der Waals surface area (Å²) in [7, 11) is 0. The Morgan fingerprint density at radius 3 is 2.67 bits per heavy atom. The van der Waals surface area contributed by atoms with Gasteiger partial charge in [-0.25, -0.2) is 0 Å². The molecular formula is C17H25N3O. The minimum Gasteiger partial charge on any atom is -0.487 e. The number of nitrogens with two attached hydrogens (primary N) is 1. The van der Waals surface area contributed by atoms with E-state index in [1.54, 1.807) is 0 Å². The van der Waals surface area contributed by atoms with Gasteiger partial charge in [0.1, 0.15) is 12.4 Å². The Balaban J connectivity index is 2.15. The first-order valence-electron chi connectivity index (χ1n) is 7.72. The van der Waals surface area contributed by atoms with Gasteiger partial charge in [-0.05, 0) is 31.9 Å². The molecule has 4 heteroatoms. The van der Waals surface area contributed by atoms with Crippen LogP contribution in [0.4, 0.5) is 0 Å². The lowest BCUT2D eigenvalue weighted by Crippen LogP contribution is -2.12. The van der Waals surface area contributed by atoms with Gasteiger partial charge in [0.25, 0.3) is 0 Å². The Bertz CT molecular complexity index is 577. The number of rotatable bonds is 7. The minimum absolute atomic E-state index is 0.0171. The molecule has 4 nitrogen and oxygen atoms in total. The van der Waals surface area contributed by atoms with Crippen molar-refractivity contribution >= 4 is 0 Å². The average molecular weight is 287 g/mol. The highest BCUT2D eigenvalue weighted by Crippen LogP contribution is 2.26. The maximum absolute atomic E-state index is 6.15. The molecule has 0 saturated heterocycles. The summed E-state index contributed by atoms with van der Waals surface area (Å²) in [4.78, 5) is 0. The predicted octanol–water partition coefficient (Wildman–Crippen LogP) is 3.45. The molecule has 0 amide bonds. The van der Waals surface area contributed by atoms with E-state index in [2.05, 4.69) is 31.9 Å². The van der Waals surface area contributed by atoms with E-state index in [9.17, 15) is 0 Å². The Morgan fingerprint density at radius 1 is 1.24 bits per heavy atom. The van der Waals surface area contributed by atoms with E-state index in [0.717, 1.165) is 42.1 Å². The van der Waals surface area contributed by atoms with Crippen LogP contribution in [0.5, 0.6) is 5.75 Å². The summed E-state index contributed by atoms with van der Waals surface area (Å²) in [5.41, 5.74) is 9.43. The highest BCUT2D eigenvalue weighted by atomic mass is 16.5. The number of ether oxygens (including phenoxy) is 1. The van der Waals surface area contributed by atoms with Crippen molar-refractivity contribution in [2.24, 2.45) is 5.73 Å². The Hall–Kier alpha value is -1.81. The molecule has 0 saturated carbocycles. The molecule has 0 bridgehead atoms. The van der Waals surface area contributed by atoms with E-state index < -0.39 is 0 Å². The van der Waals surface area contributed by atoms with Crippen LogP contribution in [-0.4, -0.2) is 9.78 Å². The molecule has 114 valence electrons. The first kappa shape index (κ1) is 15.6. The molecule has 0 radical (unpaired) electrons. The third kappa shape index (κ3) is 3.64. The van der Waals surface area contributed by atoms with Crippen molar-refractivity contribution in [1.82, 2.24) is 9.78 Å². The van der Waals surface area contributed by atoms with Crippen LogP contribution in [0.15, 0.2) is 30.3 Å². The van der Waals surface area contributed by atoms with Gasteiger partial charge >= 0.3 is 0 Å². The van der Waals surface area contributed by atoms with Gasteiger partial charge in [-0.2, -0.15) is 5.10 Å². The third-order valence-corrected chi connectivity index (χ3v) is 3.71. The standard InChI is InChI=1S/C17H25N3O/c1-4-13-11-14(20(6-3)19-13)12-21-17-10-8-7-9-15(17)16(18)5-2/h7-11,16H,4-6,12,18H2,1-3H3/t16-/m1/s1. The Kier molecular flexibility index (Phi) is 5.39. The van der Waals surface area contributed by atoms with E-state index in [1.807, 2.05) is 28.9 Å². The van der Waals surface area contributed by atoms with Crippen molar-refractivity contribution in [1.29, 1.82) is 0 Å². The largest absolute Gasteiger partial charge is 0.487 e. The van der Waals surface area contributed by atoms with Crippen LogP contribution in [0.1, 0.15) is 50.2 Å². The number of aryl methyl sites for hydroxylation is 2. The summed E-state index contributed by atoms with van der Waals surface area (Å²) >= 11 is 0. The highest BCUT2D eigenvalue weighted by Gasteiger charge is 2.11. The number of para-hydroxylation sites is 1. The summed E-state index contributed by atoms with van der Waals surface area (Å²) in [6, 6.07) is 10.1. The molecule has 1 aromatic carbocycles. The molecule has 1 heterocycles. The molecule has 0 fully saturated rings. The monoisotopic (exact) mass is 287 g/mol. The van der Waals surface area contributed by atoms with Crippen LogP contribution in [0.2, 0.25) is 0 Å². The summed E-state index contributed by atoms with van der Waals surface area (Å²) in [5, 5.41) is 4.55. The fourth-order valence-corrected chi connectivity index (χ4v) is 2.37. The maximum atomic E-state index is 6.15. The molecule has 1 aromatic heterocycles. The van der Waals surface area contributed by atoms with Gasteiger partial charge in [0, 0.05) is 18.2 Å². The zero-order chi connectivity index (χ0) is 15.2. The van der Waals surface area contributed by atoms with Crippen molar-refractivity contribution in [3.63, 3.8) is 0 Å². The minimum atomic E-state index is 0.0171. The van der Waals surface area contributed by atoms with Gasteiger partial charge in [0.2, 0.25) is 0 Å². The molecule has 0 unspecified atom stereocenters. The van der Waals surface area contributed by atoms with Crippen molar-refractivity contribution < 1.29 is 4.74 Å². The van der Waals surface area contributed by atoms with Crippen LogP contribution in [0.3, 0.4) is 0 Å². The lowest BCUT2D eigenvalue weighted by Gasteiger charge is -2.15. The second-order valence-corrected chi connectivity index (χ2v) is 5.14. The van der Waals surface area contributed by atoms with Crippen LogP contribution in [-0.2, 0) is 19.6 Å². The number of nitrogens with zero attached hydrogens (tertiary/aromatic N) is 2. The molecule has 0 aliphatic heterocycles. The topological polar surface area (TPSA) is 53.1 Å². The second kappa shape index (κ2) is 7.27. The van der Waals surface area contributed by atoms with E-state index in [0.29, 0.717) is 6.61 Å². The Labute approximate surface area is 126 Å². The van der Waals surface area contributed by atoms with Gasteiger partial charge < -0.3 is 10.5 Å². The molecule has 0 aliphatic rings. The highest BCUT2D eigenvalue weighted by molar-refractivity contribution is 5.35. The fourth-order valence-electron chi connectivity index (χ4n) is 2.37. The quantitative estimate of drug-likeness (QED) is 0.848. The average Bonchev–Trinajstić information content (AvgIpc) is 2.94. The van der Waals surface area contributed by atoms with Crippen LogP contribution < -0.4 is 10.5 Å². The zero-order valence-electron chi connectivity index (χ0n) is 13.2. The maximum Gasteiger partial charge on any atom is 0.130 e. The second-order valence-electron chi connectivity index (χ2n) is 5.14. The van der Waals surface area contributed by atoms with Crippen molar-refractivity contribution in [2.75, 3.05) is 0 Å². The van der Waals surface area contributed by atoms with E-state index in [4.69, 9.17) is 10.5 Å². The van der Waals surface area contributed by atoms with Gasteiger partial charge in [0.05, 0.1) is 11.4 Å². The van der Waals surface area contributed by atoms with Gasteiger partial charge in [-0.1, -0.05) is 32.0 Å². The zero-order valence-corrected chi connectivity index (χ0v) is 13.2. The first-order valence-corrected chi connectivity index (χ1v) is 7.72. The fraction of sp³-hybridized carbons (Fsp3) is 0.471. The number of hydrogen-bond donors (Lipinski definition) is 1. The van der Waals surface area contributed by atoms with E-state index in [1.165, 1.54) is 0 Å². The lowest BCUT2D eigenvalue weighted by atomic mass is 10.0. The summed E-state index contributed by atoms with van der Waals surface area (Å²) in [6.45, 7) is 7.67. The smallest absolute Gasteiger partial charge is 0.130 e. The third-order valence-electron chi connectivity index (χ3n) is 3.71. The summed E-state index contributed by atoms with van der Waals surface area (Å²) in [5.74, 6) is 0.869. The number of aromatic nitrogens is 2. The molecule has 0 aliphatic carbocycles. The summed E-state index contributed by atoms with van der Waals surface area (Å²) < 4.78 is 8.01. The lowest BCUT2D eigenvalue weighted by molar-refractivity contribution is 0.287. The molecule has 2 aromatic rings. The van der Waals surface area contributed by atoms with Crippen LogP contribution in [0.25, 0.3) is 0 Å². The molecular weight excluding hydrogens is 262 g/mol. The van der Waals surface area contributed by atoms with Gasteiger partial charge in [-0.15, -0.1) is 0 Å². The van der Waals surface area contributed by atoms with Crippen LogP contribution in [0, 0.1) is 0 Å². The normalized spacial score (nSPS) is 12.4. The SMILES string of the molecule is CCc1cc(COc2ccccc2[C@H](N)CC)n(CC)n1. The summed E-state index contributed by atoms with van der Waals surface area (Å²) in [6.07, 6.45) is 1.84.